The van der Waals surface area contributed by atoms with Crippen LogP contribution in [0.5, 0.6) is 0 Å². The molecular formula is C49H35NS. The molecule has 51 heavy (non-hydrogen) atoms. The number of benzene rings is 8. The molecule has 9 aromatic rings. The third kappa shape index (κ3) is 4.75. The molecule has 0 bridgehead atoms. The van der Waals surface area contributed by atoms with Gasteiger partial charge in [0.1, 0.15) is 0 Å². The minimum atomic E-state index is 0.00716. The Morgan fingerprint density at radius 1 is 0.431 bits per heavy atom. The zero-order valence-electron chi connectivity index (χ0n) is 28.6. The molecule has 0 N–H and O–H groups in total. The molecule has 0 aliphatic heterocycles. The first-order valence-electron chi connectivity index (χ1n) is 17.7. The van der Waals surface area contributed by atoms with Crippen LogP contribution < -0.4 is 4.90 Å². The highest BCUT2D eigenvalue weighted by atomic mass is 32.1. The molecule has 242 valence electrons. The maximum Gasteiger partial charge on any atom is 0.0540 e. The summed E-state index contributed by atoms with van der Waals surface area (Å²) in [4.78, 5) is 2.40. The van der Waals surface area contributed by atoms with Crippen LogP contribution in [0.4, 0.5) is 17.1 Å². The van der Waals surface area contributed by atoms with Crippen molar-refractivity contribution < 1.29 is 0 Å². The number of thiophene rings is 1. The van der Waals surface area contributed by atoms with Gasteiger partial charge in [0.25, 0.3) is 0 Å². The van der Waals surface area contributed by atoms with Gasteiger partial charge < -0.3 is 4.90 Å². The zero-order valence-corrected chi connectivity index (χ0v) is 29.4. The Bertz CT molecular complexity index is 2760. The molecule has 0 amide bonds. The van der Waals surface area contributed by atoms with Crippen molar-refractivity contribution in [3.8, 4) is 33.4 Å². The van der Waals surface area contributed by atoms with E-state index >= 15 is 0 Å². The van der Waals surface area contributed by atoms with Crippen LogP contribution in [0.15, 0.2) is 176 Å². The van der Waals surface area contributed by atoms with Crippen molar-refractivity contribution in [2.24, 2.45) is 0 Å². The molecule has 1 heterocycles. The fourth-order valence-electron chi connectivity index (χ4n) is 8.30. The summed E-state index contributed by atoms with van der Waals surface area (Å²) in [6.07, 6.45) is 0. The van der Waals surface area contributed by atoms with Crippen molar-refractivity contribution in [1.29, 1.82) is 0 Å². The fraction of sp³-hybridized carbons (Fsp3) is 0.0612. The maximum atomic E-state index is 2.40. The summed E-state index contributed by atoms with van der Waals surface area (Å²) in [5.41, 5.74) is 13.9. The van der Waals surface area contributed by atoms with Gasteiger partial charge >= 0.3 is 0 Å². The number of anilines is 3. The molecule has 1 nitrogen and oxygen atoms in total. The number of nitrogens with zero attached hydrogens (tertiary/aromatic N) is 1. The van der Waals surface area contributed by atoms with Crippen molar-refractivity contribution in [1.82, 2.24) is 0 Å². The molecule has 0 spiro atoms. The first-order valence-corrected chi connectivity index (χ1v) is 18.5. The van der Waals surface area contributed by atoms with Gasteiger partial charge in [0, 0.05) is 42.3 Å². The normalized spacial score (nSPS) is 13.1. The van der Waals surface area contributed by atoms with Crippen LogP contribution in [0.25, 0.3) is 64.3 Å². The average Bonchev–Trinajstić information content (AvgIpc) is 3.68. The predicted octanol–water partition coefficient (Wildman–Crippen LogP) is 14.3. The summed E-state index contributed by atoms with van der Waals surface area (Å²) in [5, 5.41) is 5.11. The zero-order chi connectivity index (χ0) is 34.1. The Hall–Kier alpha value is -5.96. The van der Waals surface area contributed by atoms with E-state index in [1.807, 2.05) is 11.3 Å². The van der Waals surface area contributed by atoms with E-state index in [0.717, 1.165) is 17.1 Å². The highest BCUT2D eigenvalue weighted by Crippen LogP contribution is 2.50. The monoisotopic (exact) mass is 669 g/mol. The van der Waals surface area contributed by atoms with Gasteiger partial charge in [-0.1, -0.05) is 147 Å². The first kappa shape index (κ1) is 29.9. The van der Waals surface area contributed by atoms with Crippen molar-refractivity contribution in [3.05, 3.63) is 187 Å². The summed E-state index contributed by atoms with van der Waals surface area (Å²) < 4.78 is 2.67. The van der Waals surface area contributed by atoms with Gasteiger partial charge in [0.2, 0.25) is 0 Å². The molecule has 0 radical (unpaired) electrons. The Morgan fingerprint density at radius 3 is 1.84 bits per heavy atom. The second kappa shape index (κ2) is 11.6. The second-order valence-electron chi connectivity index (χ2n) is 14.1. The Kier molecular flexibility index (Phi) is 6.78. The van der Waals surface area contributed by atoms with Crippen LogP contribution in [0.1, 0.15) is 25.0 Å². The van der Waals surface area contributed by atoms with E-state index < -0.39 is 0 Å². The van der Waals surface area contributed by atoms with Crippen LogP contribution in [-0.2, 0) is 5.41 Å². The maximum absolute atomic E-state index is 2.40. The molecule has 0 unspecified atom stereocenters. The fourth-order valence-corrected chi connectivity index (χ4v) is 9.54. The number of hydrogen-bond acceptors (Lipinski definition) is 2. The van der Waals surface area contributed by atoms with Gasteiger partial charge in [0.05, 0.1) is 5.69 Å². The van der Waals surface area contributed by atoms with Gasteiger partial charge in [-0.15, -0.1) is 11.3 Å². The molecule has 1 aromatic heterocycles. The highest BCUT2D eigenvalue weighted by Gasteiger charge is 2.35. The van der Waals surface area contributed by atoms with E-state index in [4.69, 9.17) is 0 Å². The smallest absolute Gasteiger partial charge is 0.0540 e. The van der Waals surface area contributed by atoms with Crippen molar-refractivity contribution in [3.63, 3.8) is 0 Å². The largest absolute Gasteiger partial charge is 0.310 e. The van der Waals surface area contributed by atoms with E-state index in [9.17, 15) is 0 Å². The van der Waals surface area contributed by atoms with E-state index in [-0.39, 0.29) is 5.41 Å². The van der Waals surface area contributed by atoms with Gasteiger partial charge in [-0.05, 0) is 92.4 Å². The average molecular weight is 670 g/mol. The van der Waals surface area contributed by atoms with Crippen LogP contribution in [0, 0.1) is 0 Å². The third-order valence-corrected chi connectivity index (χ3v) is 12.1. The first-order chi connectivity index (χ1) is 25.0. The van der Waals surface area contributed by atoms with Gasteiger partial charge in [-0.2, -0.15) is 0 Å². The van der Waals surface area contributed by atoms with E-state index in [1.165, 1.54) is 75.5 Å². The van der Waals surface area contributed by atoms with E-state index in [1.54, 1.807) is 0 Å². The van der Waals surface area contributed by atoms with Gasteiger partial charge in [-0.25, -0.2) is 0 Å². The molecule has 2 heteroatoms. The topological polar surface area (TPSA) is 3.24 Å². The van der Waals surface area contributed by atoms with Crippen molar-refractivity contribution in [2.45, 2.75) is 19.3 Å². The van der Waals surface area contributed by atoms with Crippen LogP contribution in [0.3, 0.4) is 0 Å². The molecule has 0 atom stereocenters. The highest BCUT2D eigenvalue weighted by molar-refractivity contribution is 7.26. The number of rotatable bonds is 5. The minimum absolute atomic E-state index is 0.00716. The van der Waals surface area contributed by atoms with Gasteiger partial charge in [0.15, 0.2) is 0 Å². The lowest BCUT2D eigenvalue weighted by Crippen LogP contribution is -2.14. The second-order valence-corrected chi connectivity index (χ2v) is 15.2. The Labute approximate surface area is 302 Å². The van der Waals surface area contributed by atoms with Crippen LogP contribution in [-0.4, -0.2) is 0 Å². The molecule has 0 saturated carbocycles. The van der Waals surface area contributed by atoms with Gasteiger partial charge in [-0.3, -0.25) is 0 Å². The van der Waals surface area contributed by atoms with Crippen LogP contribution in [0.2, 0.25) is 0 Å². The molecular weight excluding hydrogens is 635 g/mol. The lowest BCUT2D eigenvalue weighted by atomic mass is 9.82. The summed E-state index contributed by atoms with van der Waals surface area (Å²) in [5.74, 6) is 0. The van der Waals surface area contributed by atoms with E-state index in [2.05, 4.69) is 195 Å². The third-order valence-electron chi connectivity index (χ3n) is 10.9. The van der Waals surface area contributed by atoms with E-state index in [0.29, 0.717) is 0 Å². The van der Waals surface area contributed by atoms with Crippen molar-refractivity contribution in [2.75, 3.05) is 4.90 Å². The number of fused-ring (bicyclic) bond motifs is 7. The quantitative estimate of drug-likeness (QED) is 0.176. The Morgan fingerprint density at radius 2 is 1.02 bits per heavy atom. The van der Waals surface area contributed by atoms with Crippen molar-refractivity contribution >= 4 is 59.3 Å². The molecule has 8 aromatic carbocycles. The lowest BCUT2D eigenvalue weighted by Gasteiger charge is -2.27. The standard InChI is InChI=1S/C49H35NS/c1-49(2)44-18-7-5-14-40(44)43-31-35(25-30-45(43)49)32-21-26-36(27-22-32)50(46-19-9-12-33-11-3-4-13-38(33)46)37-28-23-34(24-29-37)39-16-10-17-42-41-15-6-8-20-47(41)51-48(39)42/h3-31H,1-2H3. The summed E-state index contributed by atoms with van der Waals surface area (Å²) in [6, 6.07) is 64.8. The number of hydrogen-bond donors (Lipinski definition) is 0. The summed E-state index contributed by atoms with van der Waals surface area (Å²) >= 11 is 1.88. The molecule has 10 rings (SSSR count). The lowest BCUT2D eigenvalue weighted by molar-refractivity contribution is 0.660. The summed E-state index contributed by atoms with van der Waals surface area (Å²) in [6.45, 7) is 4.68. The molecule has 1 aliphatic rings. The summed E-state index contributed by atoms with van der Waals surface area (Å²) in [7, 11) is 0. The molecule has 0 saturated heterocycles. The minimum Gasteiger partial charge on any atom is -0.310 e. The molecule has 1 aliphatic carbocycles. The van der Waals surface area contributed by atoms with Crippen LogP contribution >= 0.6 is 11.3 Å². The SMILES string of the molecule is CC1(C)c2ccccc2-c2cc(-c3ccc(N(c4ccc(-c5cccc6c5sc5ccccc56)cc4)c4cccc5ccccc45)cc3)ccc21. The predicted molar refractivity (Wildman–Crippen MR) is 220 cm³/mol. The Balaban J connectivity index is 1.06. The molecule has 0 fully saturated rings.